The Morgan fingerprint density at radius 3 is 2.41 bits per heavy atom. The SMILES string of the molecule is Cc1cc(-c2sc(N3C[C@@H](C)O[C@@H](C)C3)nc2CNC(=O)C2CCC2)cc(C)n1. The Kier molecular flexibility index (Phi) is 5.88. The maximum atomic E-state index is 12.4. The van der Waals surface area contributed by atoms with Gasteiger partial charge in [0.05, 0.1) is 29.3 Å². The third-order valence-corrected chi connectivity index (χ3v) is 6.83. The highest BCUT2D eigenvalue weighted by Crippen LogP contribution is 2.37. The lowest BCUT2D eigenvalue weighted by atomic mass is 9.85. The molecule has 1 aliphatic carbocycles. The molecule has 2 aliphatic rings. The number of hydrogen-bond donors (Lipinski definition) is 1. The number of ether oxygens (including phenoxy) is 1. The van der Waals surface area contributed by atoms with Gasteiger partial charge in [-0.2, -0.15) is 0 Å². The number of rotatable bonds is 5. The van der Waals surface area contributed by atoms with Gasteiger partial charge in [0.1, 0.15) is 0 Å². The largest absolute Gasteiger partial charge is 0.372 e. The summed E-state index contributed by atoms with van der Waals surface area (Å²) in [6.07, 6.45) is 3.53. The highest BCUT2D eigenvalue weighted by atomic mass is 32.1. The van der Waals surface area contributed by atoms with E-state index in [9.17, 15) is 4.79 Å². The molecule has 6 nitrogen and oxygen atoms in total. The summed E-state index contributed by atoms with van der Waals surface area (Å²) in [6.45, 7) is 10.4. The van der Waals surface area contributed by atoms with E-state index in [-0.39, 0.29) is 24.0 Å². The van der Waals surface area contributed by atoms with Crippen molar-refractivity contribution in [2.24, 2.45) is 5.92 Å². The molecule has 2 aromatic rings. The van der Waals surface area contributed by atoms with Gasteiger partial charge in [-0.05, 0) is 58.2 Å². The van der Waals surface area contributed by atoms with Crippen LogP contribution in [0.5, 0.6) is 0 Å². The van der Waals surface area contributed by atoms with Crippen LogP contribution in [0, 0.1) is 19.8 Å². The zero-order chi connectivity index (χ0) is 20.5. The molecular formula is C22H30N4O2S. The predicted octanol–water partition coefficient (Wildman–Crippen LogP) is 3.85. The quantitative estimate of drug-likeness (QED) is 0.805. The van der Waals surface area contributed by atoms with Crippen LogP contribution in [0.15, 0.2) is 12.1 Å². The van der Waals surface area contributed by atoms with Gasteiger partial charge >= 0.3 is 0 Å². The van der Waals surface area contributed by atoms with E-state index in [1.165, 1.54) is 0 Å². The van der Waals surface area contributed by atoms with Crippen molar-refractivity contribution in [1.82, 2.24) is 15.3 Å². The average Bonchev–Trinajstić information content (AvgIpc) is 3.01. The maximum Gasteiger partial charge on any atom is 0.223 e. The smallest absolute Gasteiger partial charge is 0.223 e. The lowest BCUT2D eigenvalue weighted by Gasteiger charge is -2.35. The van der Waals surface area contributed by atoms with Crippen LogP contribution in [0.4, 0.5) is 5.13 Å². The molecule has 1 saturated carbocycles. The number of carbonyl (C=O) groups excluding carboxylic acids is 1. The number of thiazole rings is 1. The predicted molar refractivity (Wildman–Crippen MR) is 116 cm³/mol. The van der Waals surface area contributed by atoms with E-state index in [0.29, 0.717) is 6.54 Å². The molecule has 4 rings (SSSR count). The summed E-state index contributed by atoms with van der Waals surface area (Å²) in [5.41, 5.74) is 4.05. The Hall–Kier alpha value is -1.99. The van der Waals surface area contributed by atoms with Crippen LogP contribution in [-0.4, -0.2) is 41.2 Å². The van der Waals surface area contributed by atoms with Crippen LogP contribution in [0.2, 0.25) is 0 Å². The van der Waals surface area contributed by atoms with Gasteiger partial charge in [0, 0.05) is 30.4 Å². The van der Waals surface area contributed by atoms with E-state index in [2.05, 4.69) is 41.2 Å². The monoisotopic (exact) mass is 414 g/mol. The zero-order valence-electron chi connectivity index (χ0n) is 17.7. The van der Waals surface area contributed by atoms with Gasteiger partial charge in [-0.3, -0.25) is 9.78 Å². The minimum atomic E-state index is 0.160. The molecule has 1 aliphatic heterocycles. The van der Waals surface area contributed by atoms with E-state index in [0.717, 1.165) is 65.0 Å². The van der Waals surface area contributed by atoms with Gasteiger partial charge in [0.2, 0.25) is 5.91 Å². The number of nitrogens with one attached hydrogen (secondary N) is 1. The molecule has 2 atom stereocenters. The number of aromatic nitrogens is 2. The van der Waals surface area contributed by atoms with Crippen molar-refractivity contribution in [2.45, 2.75) is 65.7 Å². The lowest BCUT2D eigenvalue weighted by molar-refractivity contribution is -0.127. The molecule has 156 valence electrons. The molecule has 2 aromatic heterocycles. The van der Waals surface area contributed by atoms with E-state index in [1.807, 2.05) is 13.8 Å². The Morgan fingerprint density at radius 2 is 1.83 bits per heavy atom. The van der Waals surface area contributed by atoms with Crippen molar-refractivity contribution in [2.75, 3.05) is 18.0 Å². The number of amides is 1. The fraction of sp³-hybridized carbons (Fsp3) is 0.591. The molecule has 0 unspecified atom stereocenters. The molecule has 0 spiro atoms. The second-order valence-corrected chi connectivity index (χ2v) is 9.40. The molecule has 1 amide bonds. The van der Waals surface area contributed by atoms with Gasteiger partial charge < -0.3 is 15.0 Å². The van der Waals surface area contributed by atoms with Crippen LogP contribution < -0.4 is 10.2 Å². The van der Waals surface area contributed by atoms with Crippen LogP contribution >= 0.6 is 11.3 Å². The number of morpholine rings is 1. The number of anilines is 1. The average molecular weight is 415 g/mol. The summed E-state index contributed by atoms with van der Waals surface area (Å²) in [7, 11) is 0. The number of pyridine rings is 1. The third-order valence-electron chi connectivity index (χ3n) is 5.63. The van der Waals surface area contributed by atoms with Crippen molar-refractivity contribution in [3.05, 3.63) is 29.2 Å². The molecule has 29 heavy (non-hydrogen) atoms. The summed E-state index contributed by atoms with van der Waals surface area (Å²) < 4.78 is 5.89. The molecule has 1 N–H and O–H groups in total. The summed E-state index contributed by atoms with van der Waals surface area (Å²) in [6, 6.07) is 4.21. The van der Waals surface area contributed by atoms with Gasteiger partial charge in [-0.1, -0.05) is 17.8 Å². The minimum Gasteiger partial charge on any atom is -0.372 e. The van der Waals surface area contributed by atoms with Crippen LogP contribution in [0.25, 0.3) is 10.4 Å². The summed E-state index contributed by atoms with van der Waals surface area (Å²) in [4.78, 5) is 25.3. The van der Waals surface area contributed by atoms with Crippen molar-refractivity contribution in [3.63, 3.8) is 0 Å². The number of carbonyl (C=O) groups is 1. The minimum absolute atomic E-state index is 0.160. The molecular weight excluding hydrogens is 384 g/mol. The zero-order valence-corrected chi connectivity index (χ0v) is 18.5. The van der Waals surface area contributed by atoms with Gasteiger partial charge in [0.25, 0.3) is 0 Å². The molecule has 0 aromatic carbocycles. The standard InChI is InChI=1S/C22H30N4O2S/c1-13-8-18(9-14(2)24-13)20-19(10-23-21(27)17-6-5-7-17)25-22(29-20)26-11-15(3)28-16(4)12-26/h8-9,15-17H,5-7,10-12H2,1-4H3,(H,23,27)/t15-,16+. The second-order valence-electron chi connectivity index (χ2n) is 8.42. The first-order valence-corrected chi connectivity index (χ1v) is 11.3. The summed E-state index contributed by atoms with van der Waals surface area (Å²) >= 11 is 1.70. The molecule has 0 radical (unpaired) electrons. The second kappa shape index (κ2) is 8.40. The number of nitrogens with zero attached hydrogens (tertiary/aromatic N) is 3. The van der Waals surface area contributed by atoms with E-state index in [1.54, 1.807) is 11.3 Å². The summed E-state index contributed by atoms with van der Waals surface area (Å²) in [5.74, 6) is 0.343. The number of hydrogen-bond acceptors (Lipinski definition) is 6. The molecule has 3 heterocycles. The van der Waals surface area contributed by atoms with Gasteiger partial charge in [-0.15, -0.1) is 0 Å². The van der Waals surface area contributed by atoms with E-state index in [4.69, 9.17) is 9.72 Å². The lowest BCUT2D eigenvalue weighted by Crippen LogP contribution is -2.45. The topological polar surface area (TPSA) is 67.3 Å². The van der Waals surface area contributed by atoms with Crippen molar-refractivity contribution >= 4 is 22.4 Å². The fourth-order valence-corrected chi connectivity index (χ4v) is 5.19. The molecule has 1 saturated heterocycles. The highest BCUT2D eigenvalue weighted by Gasteiger charge is 2.28. The van der Waals surface area contributed by atoms with Crippen LogP contribution in [0.3, 0.4) is 0 Å². The Bertz CT molecular complexity index is 863. The first-order chi connectivity index (χ1) is 13.9. The molecule has 2 fully saturated rings. The first-order valence-electron chi connectivity index (χ1n) is 10.5. The van der Waals surface area contributed by atoms with Gasteiger partial charge in [0.15, 0.2) is 5.13 Å². The van der Waals surface area contributed by atoms with Crippen LogP contribution in [0.1, 0.15) is 50.2 Å². The van der Waals surface area contributed by atoms with Crippen molar-refractivity contribution in [3.8, 4) is 10.4 Å². The molecule has 7 heteroatoms. The normalized spacial score (nSPS) is 22.4. The van der Waals surface area contributed by atoms with E-state index < -0.39 is 0 Å². The maximum absolute atomic E-state index is 12.4. The van der Waals surface area contributed by atoms with Crippen molar-refractivity contribution < 1.29 is 9.53 Å². The fourth-order valence-electron chi connectivity index (χ4n) is 4.11. The Morgan fingerprint density at radius 1 is 1.17 bits per heavy atom. The van der Waals surface area contributed by atoms with Gasteiger partial charge in [-0.25, -0.2) is 4.98 Å². The molecule has 0 bridgehead atoms. The number of aryl methyl sites for hydroxylation is 2. The Labute approximate surface area is 176 Å². The Balaban J connectivity index is 1.63. The van der Waals surface area contributed by atoms with E-state index >= 15 is 0 Å². The highest BCUT2D eigenvalue weighted by molar-refractivity contribution is 7.19. The van der Waals surface area contributed by atoms with Crippen molar-refractivity contribution in [1.29, 1.82) is 0 Å². The summed E-state index contributed by atoms with van der Waals surface area (Å²) in [5, 5.41) is 4.12. The third kappa shape index (κ3) is 4.61. The van der Waals surface area contributed by atoms with Crippen LogP contribution in [-0.2, 0) is 16.1 Å². The first kappa shape index (κ1) is 20.3.